The summed E-state index contributed by atoms with van der Waals surface area (Å²) in [5, 5.41) is 7.20. The third-order valence-corrected chi connectivity index (χ3v) is 4.84. The molecule has 0 bridgehead atoms. The first-order valence-electron chi connectivity index (χ1n) is 4.73. The van der Waals surface area contributed by atoms with Crippen molar-refractivity contribution in [2.24, 2.45) is 0 Å². The molecule has 2 rings (SSSR count). The predicted molar refractivity (Wildman–Crippen MR) is 70.1 cm³/mol. The number of thiophene rings is 1. The van der Waals surface area contributed by atoms with Crippen LogP contribution in [0.1, 0.15) is 11.8 Å². The van der Waals surface area contributed by atoms with Crippen molar-refractivity contribution < 1.29 is 0 Å². The molecule has 0 aliphatic carbocycles. The Morgan fingerprint density at radius 2 is 2.44 bits per heavy atom. The highest BCUT2D eigenvalue weighted by atomic mass is 79.9. The SMILES string of the molecule is CCn1c(SCc2ccc(Br)s2)n[nH]c1=O. The van der Waals surface area contributed by atoms with Crippen molar-refractivity contribution >= 4 is 39.0 Å². The van der Waals surface area contributed by atoms with Gasteiger partial charge in [-0.05, 0) is 35.0 Å². The fourth-order valence-electron chi connectivity index (χ4n) is 1.26. The van der Waals surface area contributed by atoms with Crippen LogP contribution in [-0.4, -0.2) is 14.8 Å². The van der Waals surface area contributed by atoms with E-state index in [1.165, 1.54) is 4.88 Å². The van der Waals surface area contributed by atoms with E-state index in [1.54, 1.807) is 27.7 Å². The smallest absolute Gasteiger partial charge is 0.270 e. The van der Waals surface area contributed by atoms with Crippen molar-refractivity contribution in [1.29, 1.82) is 0 Å². The molecule has 0 aromatic carbocycles. The van der Waals surface area contributed by atoms with Crippen LogP contribution in [0.4, 0.5) is 0 Å². The van der Waals surface area contributed by atoms with Crippen molar-refractivity contribution in [3.05, 3.63) is 31.3 Å². The maximum absolute atomic E-state index is 11.3. The Labute approximate surface area is 109 Å². The molecular formula is C9H10BrN3OS2. The second kappa shape index (κ2) is 5.20. The van der Waals surface area contributed by atoms with Gasteiger partial charge in [-0.3, -0.25) is 4.57 Å². The van der Waals surface area contributed by atoms with E-state index in [1.807, 2.05) is 13.0 Å². The number of rotatable bonds is 4. The summed E-state index contributed by atoms with van der Waals surface area (Å²) < 4.78 is 2.76. The van der Waals surface area contributed by atoms with Gasteiger partial charge in [-0.15, -0.1) is 16.4 Å². The average Bonchev–Trinajstić information content (AvgIpc) is 2.82. The van der Waals surface area contributed by atoms with E-state index in [4.69, 9.17) is 0 Å². The van der Waals surface area contributed by atoms with Gasteiger partial charge in [-0.25, -0.2) is 9.89 Å². The van der Waals surface area contributed by atoms with E-state index < -0.39 is 0 Å². The molecule has 0 spiro atoms. The molecule has 0 aliphatic heterocycles. The van der Waals surface area contributed by atoms with Gasteiger partial charge < -0.3 is 0 Å². The monoisotopic (exact) mass is 319 g/mol. The average molecular weight is 320 g/mol. The van der Waals surface area contributed by atoms with Crippen molar-refractivity contribution in [1.82, 2.24) is 14.8 Å². The molecule has 0 saturated carbocycles. The first-order chi connectivity index (χ1) is 7.70. The number of H-pyrrole nitrogens is 1. The van der Waals surface area contributed by atoms with Gasteiger partial charge in [0.25, 0.3) is 0 Å². The molecule has 0 radical (unpaired) electrons. The lowest BCUT2D eigenvalue weighted by atomic mass is 10.5. The highest BCUT2D eigenvalue weighted by Gasteiger charge is 2.07. The second-order valence-electron chi connectivity index (χ2n) is 3.05. The minimum atomic E-state index is -0.141. The molecule has 4 nitrogen and oxygen atoms in total. The predicted octanol–water partition coefficient (Wildman–Crippen LogP) is 2.71. The van der Waals surface area contributed by atoms with Gasteiger partial charge in [-0.2, -0.15) is 0 Å². The van der Waals surface area contributed by atoms with Gasteiger partial charge in [0.2, 0.25) is 0 Å². The maximum atomic E-state index is 11.3. The molecule has 0 unspecified atom stereocenters. The van der Waals surface area contributed by atoms with E-state index in [2.05, 4.69) is 32.2 Å². The summed E-state index contributed by atoms with van der Waals surface area (Å²) in [4.78, 5) is 12.6. The normalized spacial score (nSPS) is 10.9. The van der Waals surface area contributed by atoms with Crippen LogP contribution in [0.15, 0.2) is 25.9 Å². The number of nitrogens with one attached hydrogen (secondary N) is 1. The lowest BCUT2D eigenvalue weighted by Crippen LogP contribution is -2.16. The molecule has 0 aliphatic rings. The van der Waals surface area contributed by atoms with Gasteiger partial charge in [0, 0.05) is 17.2 Å². The van der Waals surface area contributed by atoms with Crippen molar-refractivity contribution in [3.8, 4) is 0 Å². The van der Waals surface area contributed by atoms with Gasteiger partial charge >= 0.3 is 5.69 Å². The quantitative estimate of drug-likeness (QED) is 0.881. The molecule has 2 heterocycles. The van der Waals surface area contributed by atoms with Crippen LogP contribution in [0, 0.1) is 0 Å². The largest absolute Gasteiger partial charge is 0.343 e. The molecule has 86 valence electrons. The van der Waals surface area contributed by atoms with E-state index in [-0.39, 0.29) is 5.69 Å². The summed E-state index contributed by atoms with van der Waals surface area (Å²) in [6, 6.07) is 4.10. The summed E-state index contributed by atoms with van der Waals surface area (Å²) in [6.07, 6.45) is 0. The third-order valence-electron chi connectivity index (χ3n) is 2.01. The number of aromatic amines is 1. The molecular weight excluding hydrogens is 310 g/mol. The molecule has 16 heavy (non-hydrogen) atoms. The lowest BCUT2D eigenvalue weighted by Gasteiger charge is -2.00. The Bertz CT molecular complexity index is 531. The number of thioether (sulfide) groups is 1. The van der Waals surface area contributed by atoms with E-state index >= 15 is 0 Å². The zero-order valence-corrected chi connectivity index (χ0v) is 11.8. The van der Waals surface area contributed by atoms with Gasteiger partial charge in [0.1, 0.15) is 0 Å². The van der Waals surface area contributed by atoms with Crippen LogP contribution >= 0.6 is 39.0 Å². The van der Waals surface area contributed by atoms with Crippen molar-refractivity contribution in [3.63, 3.8) is 0 Å². The van der Waals surface area contributed by atoms with E-state index in [9.17, 15) is 4.79 Å². The fourth-order valence-corrected chi connectivity index (χ4v) is 3.79. The van der Waals surface area contributed by atoms with E-state index in [0.29, 0.717) is 6.54 Å². The molecule has 0 atom stereocenters. The Hall–Kier alpha value is -0.530. The summed E-state index contributed by atoms with van der Waals surface area (Å²) in [5.74, 6) is 0.834. The minimum absolute atomic E-state index is 0.141. The Kier molecular flexibility index (Phi) is 3.88. The molecule has 1 N–H and O–H groups in total. The van der Waals surface area contributed by atoms with Gasteiger partial charge in [0.15, 0.2) is 5.16 Å². The molecule has 7 heteroatoms. The minimum Gasteiger partial charge on any atom is -0.270 e. The number of nitrogens with zero attached hydrogens (tertiary/aromatic N) is 2. The lowest BCUT2D eigenvalue weighted by molar-refractivity contribution is 0.660. The van der Waals surface area contributed by atoms with Crippen LogP contribution in [0.3, 0.4) is 0 Å². The Morgan fingerprint density at radius 3 is 3.06 bits per heavy atom. The highest BCUT2D eigenvalue weighted by Crippen LogP contribution is 2.27. The van der Waals surface area contributed by atoms with Crippen molar-refractivity contribution in [2.75, 3.05) is 0 Å². The van der Waals surface area contributed by atoms with Crippen LogP contribution in [0.5, 0.6) is 0 Å². The number of aromatic nitrogens is 3. The first kappa shape index (κ1) is 11.9. The van der Waals surface area contributed by atoms with Crippen LogP contribution in [0.25, 0.3) is 0 Å². The molecule has 2 aromatic heterocycles. The Balaban J connectivity index is 2.07. The fraction of sp³-hybridized carbons (Fsp3) is 0.333. The molecule has 0 amide bonds. The van der Waals surface area contributed by atoms with E-state index in [0.717, 1.165) is 14.7 Å². The van der Waals surface area contributed by atoms with Crippen LogP contribution < -0.4 is 5.69 Å². The third kappa shape index (κ3) is 2.58. The molecule has 2 aromatic rings. The van der Waals surface area contributed by atoms with Crippen LogP contribution in [-0.2, 0) is 12.3 Å². The molecule has 0 fully saturated rings. The number of hydrogen-bond acceptors (Lipinski definition) is 4. The van der Waals surface area contributed by atoms with Crippen molar-refractivity contribution in [2.45, 2.75) is 24.4 Å². The highest BCUT2D eigenvalue weighted by molar-refractivity contribution is 9.11. The van der Waals surface area contributed by atoms with Gasteiger partial charge in [-0.1, -0.05) is 11.8 Å². The Morgan fingerprint density at radius 1 is 1.62 bits per heavy atom. The zero-order chi connectivity index (χ0) is 11.5. The topological polar surface area (TPSA) is 50.7 Å². The maximum Gasteiger partial charge on any atom is 0.343 e. The summed E-state index contributed by atoms with van der Waals surface area (Å²) in [6.45, 7) is 2.58. The standard InChI is InChI=1S/C9H10BrN3OS2/c1-2-13-8(14)11-12-9(13)15-5-6-3-4-7(10)16-6/h3-4H,2,5H2,1H3,(H,11,14). The first-order valence-corrected chi connectivity index (χ1v) is 7.32. The summed E-state index contributed by atoms with van der Waals surface area (Å²) in [5.41, 5.74) is -0.141. The number of hydrogen-bond donors (Lipinski definition) is 1. The summed E-state index contributed by atoms with van der Waals surface area (Å²) >= 11 is 6.69. The molecule has 0 saturated heterocycles. The number of halogens is 1. The summed E-state index contributed by atoms with van der Waals surface area (Å²) in [7, 11) is 0. The second-order valence-corrected chi connectivity index (χ2v) is 6.54. The zero-order valence-electron chi connectivity index (χ0n) is 8.57. The van der Waals surface area contributed by atoms with Gasteiger partial charge in [0.05, 0.1) is 3.79 Å². The van der Waals surface area contributed by atoms with Crippen LogP contribution in [0.2, 0.25) is 0 Å².